The molecule has 0 saturated heterocycles. The van der Waals surface area contributed by atoms with E-state index in [1.165, 1.54) is 32.1 Å². The van der Waals surface area contributed by atoms with Crippen molar-refractivity contribution in [2.45, 2.75) is 52.9 Å². The molecule has 10 heavy (non-hydrogen) atoms. The Morgan fingerprint density at radius 2 is 1.90 bits per heavy atom. The third-order valence-corrected chi connectivity index (χ3v) is 1.71. The van der Waals surface area contributed by atoms with Crippen LogP contribution in [-0.2, 0) is 0 Å². The van der Waals surface area contributed by atoms with E-state index in [0.717, 1.165) is 0 Å². The van der Waals surface area contributed by atoms with Crippen molar-refractivity contribution in [1.29, 1.82) is 0 Å². The first-order chi connectivity index (χ1) is 4.81. The quantitative estimate of drug-likeness (QED) is 0.508. The van der Waals surface area contributed by atoms with Crippen LogP contribution in [0.2, 0.25) is 0 Å². The third-order valence-electron chi connectivity index (χ3n) is 1.71. The zero-order valence-corrected chi connectivity index (χ0v) is 7.61. The molecule has 0 aliphatic rings. The maximum absolute atomic E-state index is 2.37. The second-order valence-electron chi connectivity index (χ2n) is 2.94. The SMILES string of the molecule is CCC/C=C(\C)CCCC. The summed E-state index contributed by atoms with van der Waals surface area (Å²) in [4.78, 5) is 0. The standard InChI is InChI=1S/C10H20/c1-4-6-8-10(3)9-7-5-2/h8H,4-7,9H2,1-3H3/b10-8+. The summed E-state index contributed by atoms with van der Waals surface area (Å²) >= 11 is 0. The van der Waals surface area contributed by atoms with Gasteiger partial charge in [0.1, 0.15) is 0 Å². The number of rotatable bonds is 5. The molecule has 0 aromatic heterocycles. The number of hydrogen-bond acceptors (Lipinski definition) is 0. The molecular weight excluding hydrogens is 120 g/mol. The van der Waals surface area contributed by atoms with Gasteiger partial charge in [0.05, 0.1) is 0 Å². The summed E-state index contributed by atoms with van der Waals surface area (Å²) < 4.78 is 0. The van der Waals surface area contributed by atoms with Crippen LogP contribution in [0.3, 0.4) is 0 Å². The fraction of sp³-hybridized carbons (Fsp3) is 0.800. The van der Waals surface area contributed by atoms with Crippen LogP contribution in [0.5, 0.6) is 0 Å². The van der Waals surface area contributed by atoms with E-state index in [-0.39, 0.29) is 0 Å². The summed E-state index contributed by atoms with van der Waals surface area (Å²) in [5.74, 6) is 0. The van der Waals surface area contributed by atoms with Crippen LogP contribution in [0.25, 0.3) is 0 Å². The molecule has 60 valence electrons. The molecule has 0 amide bonds. The van der Waals surface area contributed by atoms with Gasteiger partial charge >= 0.3 is 0 Å². The van der Waals surface area contributed by atoms with Crippen molar-refractivity contribution in [2.75, 3.05) is 0 Å². The van der Waals surface area contributed by atoms with Crippen molar-refractivity contribution >= 4 is 0 Å². The second kappa shape index (κ2) is 6.85. The zero-order valence-electron chi connectivity index (χ0n) is 7.61. The lowest BCUT2D eigenvalue weighted by atomic mass is 10.1. The molecule has 0 aromatic rings. The van der Waals surface area contributed by atoms with Crippen molar-refractivity contribution in [3.63, 3.8) is 0 Å². The van der Waals surface area contributed by atoms with Gasteiger partial charge in [0.15, 0.2) is 0 Å². The van der Waals surface area contributed by atoms with E-state index in [0.29, 0.717) is 0 Å². The maximum atomic E-state index is 2.37. The van der Waals surface area contributed by atoms with E-state index in [1.54, 1.807) is 5.57 Å². The van der Waals surface area contributed by atoms with Gasteiger partial charge in [-0.25, -0.2) is 0 Å². The summed E-state index contributed by atoms with van der Waals surface area (Å²) in [5.41, 5.74) is 1.57. The Kier molecular flexibility index (Phi) is 6.68. The van der Waals surface area contributed by atoms with E-state index >= 15 is 0 Å². The van der Waals surface area contributed by atoms with Crippen LogP contribution in [-0.4, -0.2) is 0 Å². The molecule has 0 heteroatoms. The molecule has 0 saturated carbocycles. The van der Waals surface area contributed by atoms with E-state index in [4.69, 9.17) is 0 Å². The number of unbranched alkanes of at least 4 members (excludes halogenated alkanes) is 2. The van der Waals surface area contributed by atoms with Crippen molar-refractivity contribution in [3.05, 3.63) is 11.6 Å². The van der Waals surface area contributed by atoms with Gasteiger partial charge in [-0.15, -0.1) is 0 Å². The van der Waals surface area contributed by atoms with Gasteiger partial charge in [0.25, 0.3) is 0 Å². The summed E-state index contributed by atoms with van der Waals surface area (Å²) in [6.45, 7) is 6.71. The Labute approximate surface area is 65.3 Å². The molecule has 0 aliphatic carbocycles. The van der Waals surface area contributed by atoms with Gasteiger partial charge in [-0.3, -0.25) is 0 Å². The van der Waals surface area contributed by atoms with Crippen molar-refractivity contribution in [1.82, 2.24) is 0 Å². The van der Waals surface area contributed by atoms with Crippen LogP contribution in [0.4, 0.5) is 0 Å². The van der Waals surface area contributed by atoms with Crippen LogP contribution in [0, 0.1) is 0 Å². The molecule has 0 bridgehead atoms. The highest BCUT2D eigenvalue weighted by Crippen LogP contribution is 2.07. The Hall–Kier alpha value is -0.260. The predicted molar refractivity (Wildman–Crippen MR) is 48.2 cm³/mol. The van der Waals surface area contributed by atoms with Gasteiger partial charge in [-0.1, -0.05) is 38.3 Å². The molecule has 0 rings (SSSR count). The monoisotopic (exact) mass is 140 g/mol. The van der Waals surface area contributed by atoms with Gasteiger partial charge < -0.3 is 0 Å². The van der Waals surface area contributed by atoms with Crippen molar-refractivity contribution in [3.8, 4) is 0 Å². The van der Waals surface area contributed by atoms with Gasteiger partial charge in [0, 0.05) is 0 Å². The lowest BCUT2D eigenvalue weighted by Crippen LogP contribution is -1.77. The minimum absolute atomic E-state index is 1.26. The smallest absolute Gasteiger partial charge is 0.0323 e. The van der Waals surface area contributed by atoms with Crippen molar-refractivity contribution < 1.29 is 0 Å². The van der Waals surface area contributed by atoms with E-state index in [1.807, 2.05) is 0 Å². The van der Waals surface area contributed by atoms with E-state index in [9.17, 15) is 0 Å². The Morgan fingerprint density at radius 3 is 2.40 bits per heavy atom. The molecule has 0 aromatic carbocycles. The molecule has 0 fully saturated rings. The fourth-order valence-corrected chi connectivity index (χ4v) is 0.948. The van der Waals surface area contributed by atoms with Crippen LogP contribution in [0.15, 0.2) is 11.6 Å². The lowest BCUT2D eigenvalue weighted by molar-refractivity contribution is 0.780. The fourth-order valence-electron chi connectivity index (χ4n) is 0.948. The van der Waals surface area contributed by atoms with Crippen LogP contribution >= 0.6 is 0 Å². The molecule has 0 aliphatic heterocycles. The predicted octanol–water partition coefficient (Wildman–Crippen LogP) is 3.92. The molecule has 0 N–H and O–H groups in total. The summed E-state index contributed by atoms with van der Waals surface area (Å²) in [6, 6.07) is 0. The summed E-state index contributed by atoms with van der Waals surface area (Å²) in [6.07, 6.45) is 8.88. The highest BCUT2D eigenvalue weighted by Gasteiger charge is 1.86. The lowest BCUT2D eigenvalue weighted by Gasteiger charge is -1.97. The van der Waals surface area contributed by atoms with E-state index < -0.39 is 0 Å². The summed E-state index contributed by atoms with van der Waals surface area (Å²) in [7, 11) is 0. The van der Waals surface area contributed by atoms with Gasteiger partial charge in [-0.05, 0) is 26.2 Å². The second-order valence-corrected chi connectivity index (χ2v) is 2.94. The first-order valence-corrected chi connectivity index (χ1v) is 4.46. The first kappa shape index (κ1) is 9.74. The Bertz CT molecular complexity index is 90.2. The van der Waals surface area contributed by atoms with Crippen LogP contribution in [0.1, 0.15) is 52.9 Å². The minimum atomic E-state index is 1.26. The Balaban J connectivity index is 3.30. The largest absolute Gasteiger partial charge is 0.0856 e. The first-order valence-electron chi connectivity index (χ1n) is 4.46. The van der Waals surface area contributed by atoms with Gasteiger partial charge in [-0.2, -0.15) is 0 Å². The third kappa shape index (κ3) is 5.87. The topological polar surface area (TPSA) is 0 Å². The molecule has 0 unspecified atom stereocenters. The minimum Gasteiger partial charge on any atom is -0.0856 e. The zero-order chi connectivity index (χ0) is 7.82. The maximum Gasteiger partial charge on any atom is -0.0323 e. The Morgan fingerprint density at radius 1 is 1.20 bits per heavy atom. The molecule has 0 radical (unpaired) electrons. The van der Waals surface area contributed by atoms with Crippen LogP contribution < -0.4 is 0 Å². The number of hydrogen-bond donors (Lipinski definition) is 0. The molecule has 0 spiro atoms. The molecule has 0 nitrogen and oxygen atoms in total. The molecular formula is C10H20. The van der Waals surface area contributed by atoms with Crippen molar-refractivity contribution in [2.24, 2.45) is 0 Å². The normalized spacial score (nSPS) is 12.1. The highest BCUT2D eigenvalue weighted by molar-refractivity contribution is 4.97. The molecule has 0 atom stereocenters. The average molecular weight is 140 g/mol. The molecule has 0 heterocycles. The number of allylic oxidation sites excluding steroid dienone is 2. The van der Waals surface area contributed by atoms with E-state index in [2.05, 4.69) is 26.8 Å². The summed E-state index contributed by atoms with van der Waals surface area (Å²) in [5, 5.41) is 0. The average Bonchev–Trinajstić information content (AvgIpc) is 1.97. The van der Waals surface area contributed by atoms with Gasteiger partial charge in [0.2, 0.25) is 0 Å². The highest BCUT2D eigenvalue weighted by atomic mass is 13.9.